The van der Waals surface area contributed by atoms with Crippen molar-refractivity contribution in [2.75, 3.05) is 6.61 Å². The molecular weight excluding hydrogens is 440 g/mol. The number of carbonyl (C=O) groups excluding carboxylic acids is 2. The van der Waals surface area contributed by atoms with Crippen molar-refractivity contribution in [3.05, 3.63) is 53.1 Å². The third-order valence-corrected chi connectivity index (χ3v) is 5.52. The van der Waals surface area contributed by atoms with Crippen molar-refractivity contribution < 1.29 is 23.8 Å². The van der Waals surface area contributed by atoms with E-state index in [1.165, 1.54) is 82.6 Å². The van der Waals surface area contributed by atoms with Crippen LogP contribution in [0.2, 0.25) is 5.02 Å². The summed E-state index contributed by atoms with van der Waals surface area (Å²) in [5, 5.41) is 0.401. The van der Waals surface area contributed by atoms with Gasteiger partial charge in [-0.1, -0.05) is 76.3 Å². The summed E-state index contributed by atoms with van der Waals surface area (Å²) in [6.45, 7) is 4.18. The molecule has 0 aliphatic rings. The molecule has 0 aliphatic carbocycles. The van der Waals surface area contributed by atoms with E-state index in [9.17, 15) is 9.59 Å². The molecule has 0 atom stereocenters. The minimum atomic E-state index is -0.528. The monoisotopic (exact) mass is 474 g/mol. The Morgan fingerprint density at radius 3 is 1.91 bits per heavy atom. The minimum Gasteiger partial charge on any atom is -0.492 e. The Morgan fingerprint density at radius 1 is 0.758 bits per heavy atom. The van der Waals surface area contributed by atoms with Gasteiger partial charge in [-0.3, -0.25) is 4.79 Å². The van der Waals surface area contributed by atoms with Crippen LogP contribution in [0.1, 0.15) is 88.4 Å². The van der Waals surface area contributed by atoms with Crippen molar-refractivity contribution in [1.29, 1.82) is 0 Å². The van der Waals surface area contributed by atoms with Crippen molar-refractivity contribution in [3.63, 3.8) is 0 Å². The van der Waals surface area contributed by atoms with Gasteiger partial charge in [-0.2, -0.15) is 0 Å². The van der Waals surface area contributed by atoms with E-state index >= 15 is 0 Å². The zero-order chi connectivity index (χ0) is 23.9. The Morgan fingerprint density at radius 2 is 1.33 bits per heavy atom. The number of ether oxygens (including phenoxy) is 3. The summed E-state index contributed by atoms with van der Waals surface area (Å²) in [5.74, 6) is 0.333. The normalized spacial score (nSPS) is 10.6. The van der Waals surface area contributed by atoms with E-state index in [0.717, 1.165) is 12.8 Å². The second-order valence-electron chi connectivity index (χ2n) is 8.13. The summed E-state index contributed by atoms with van der Waals surface area (Å²) in [7, 11) is 0. The lowest BCUT2D eigenvalue weighted by molar-refractivity contribution is -0.131. The maximum atomic E-state index is 12.3. The third kappa shape index (κ3) is 10.8. The van der Waals surface area contributed by atoms with E-state index in [4.69, 9.17) is 25.8 Å². The maximum absolute atomic E-state index is 12.3. The van der Waals surface area contributed by atoms with E-state index in [1.54, 1.807) is 18.2 Å². The van der Waals surface area contributed by atoms with Gasteiger partial charge in [-0.25, -0.2) is 4.79 Å². The van der Waals surface area contributed by atoms with Gasteiger partial charge in [0.2, 0.25) is 0 Å². The summed E-state index contributed by atoms with van der Waals surface area (Å²) < 4.78 is 16.1. The maximum Gasteiger partial charge on any atom is 0.343 e. The molecule has 2 rings (SSSR count). The number of carbonyl (C=O) groups is 2. The number of hydrogen-bond acceptors (Lipinski definition) is 5. The summed E-state index contributed by atoms with van der Waals surface area (Å²) in [6.07, 6.45) is 12.7. The van der Waals surface area contributed by atoms with E-state index in [-0.39, 0.29) is 0 Å². The lowest BCUT2D eigenvalue weighted by Crippen LogP contribution is -2.09. The Hall–Kier alpha value is -2.53. The lowest BCUT2D eigenvalue weighted by Gasteiger charge is -2.10. The highest BCUT2D eigenvalue weighted by atomic mass is 35.5. The zero-order valence-electron chi connectivity index (χ0n) is 19.7. The molecule has 0 saturated carbocycles. The SMILES string of the molecule is CCCCCCCCCCCCOc1ccc(OC(=O)c2ccc(OC(C)=O)cc2)cc1Cl. The van der Waals surface area contributed by atoms with E-state index in [2.05, 4.69) is 6.92 Å². The van der Waals surface area contributed by atoms with Gasteiger partial charge in [0.05, 0.1) is 17.2 Å². The molecule has 0 saturated heterocycles. The molecule has 0 unspecified atom stereocenters. The molecule has 0 heterocycles. The van der Waals surface area contributed by atoms with Crippen molar-refractivity contribution in [1.82, 2.24) is 0 Å². The molecule has 0 aliphatic heterocycles. The van der Waals surface area contributed by atoms with E-state index in [0.29, 0.717) is 34.4 Å². The Labute approximate surface area is 202 Å². The highest BCUT2D eigenvalue weighted by Crippen LogP contribution is 2.29. The van der Waals surface area contributed by atoms with Crippen molar-refractivity contribution >= 4 is 23.5 Å². The molecular formula is C27H35ClO5. The molecule has 0 spiro atoms. The minimum absolute atomic E-state index is 0.334. The van der Waals surface area contributed by atoms with Crippen LogP contribution in [0.4, 0.5) is 0 Å². The summed E-state index contributed by atoms with van der Waals surface area (Å²) in [4.78, 5) is 23.3. The number of benzene rings is 2. The first kappa shape index (κ1) is 26.7. The molecule has 2 aromatic carbocycles. The van der Waals surface area contributed by atoms with Crippen LogP contribution in [0.15, 0.2) is 42.5 Å². The van der Waals surface area contributed by atoms with Gasteiger partial charge in [-0.05, 0) is 42.8 Å². The standard InChI is InChI=1S/C27H35ClO5/c1-3-4-5-6-7-8-9-10-11-12-19-31-26-18-17-24(20-25(26)28)33-27(30)22-13-15-23(16-14-22)32-21(2)29/h13-18,20H,3-12,19H2,1-2H3. The van der Waals surface area contributed by atoms with Crippen LogP contribution in [0.25, 0.3) is 0 Å². The van der Waals surface area contributed by atoms with Gasteiger partial charge < -0.3 is 14.2 Å². The fourth-order valence-corrected chi connectivity index (χ4v) is 3.65. The van der Waals surface area contributed by atoms with Gasteiger partial charge in [-0.15, -0.1) is 0 Å². The topological polar surface area (TPSA) is 61.8 Å². The van der Waals surface area contributed by atoms with Gasteiger partial charge in [0.25, 0.3) is 0 Å². The Bertz CT molecular complexity index is 863. The summed E-state index contributed by atoms with van der Waals surface area (Å²) >= 11 is 6.30. The first-order valence-electron chi connectivity index (χ1n) is 11.9. The van der Waals surface area contributed by atoms with E-state index in [1.807, 2.05) is 0 Å². The summed E-state index contributed by atoms with van der Waals surface area (Å²) in [6, 6.07) is 11.1. The molecule has 180 valence electrons. The molecule has 0 amide bonds. The average Bonchev–Trinajstić information content (AvgIpc) is 2.78. The van der Waals surface area contributed by atoms with Crippen molar-refractivity contribution in [2.24, 2.45) is 0 Å². The highest BCUT2D eigenvalue weighted by molar-refractivity contribution is 6.32. The zero-order valence-corrected chi connectivity index (χ0v) is 20.5. The van der Waals surface area contributed by atoms with Crippen LogP contribution < -0.4 is 14.2 Å². The van der Waals surface area contributed by atoms with Gasteiger partial charge in [0, 0.05) is 13.0 Å². The second-order valence-corrected chi connectivity index (χ2v) is 8.54. The largest absolute Gasteiger partial charge is 0.492 e. The summed E-state index contributed by atoms with van der Waals surface area (Å²) in [5.41, 5.74) is 0.336. The van der Waals surface area contributed by atoms with Crippen LogP contribution in [0.3, 0.4) is 0 Å². The number of halogens is 1. The van der Waals surface area contributed by atoms with Crippen LogP contribution in [-0.4, -0.2) is 18.5 Å². The molecule has 0 aromatic heterocycles. The lowest BCUT2D eigenvalue weighted by atomic mass is 10.1. The van der Waals surface area contributed by atoms with Crippen LogP contribution >= 0.6 is 11.6 Å². The average molecular weight is 475 g/mol. The van der Waals surface area contributed by atoms with Gasteiger partial charge in [0.1, 0.15) is 17.2 Å². The first-order chi connectivity index (χ1) is 16.0. The molecule has 0 N–H and O–H groups in total. The Kier molecular flexibility index (Phi) is 12.4. The number of unbranched alkanes of at least 4 members (excludes halogenated alkanes) is 9. The number of hydrogen-bond donors (Lipinski definition) is 0. The molecule has 0 fully saturated rings. The van der Waals surface area contributed by atoms with Crippen LogP contribution in [0, 0.1) is 0 Å². The predicted molar refractivity (Wildman–Crippen MR) is 132 cm³/mol. The molecule has 5 nitrogen and oxygen atoms in total. The molecule has 0 radical (unpaired) electrons. The second kappa shape index (κ2) is 15.3. The van der Waals surface area contributed by atoms with Crippen LogP contribution in [0.5, 0.6) is 17.2 Å². The highest BCUT2D eigenvalue weighted by Gasteiger charge is 2.11. The smallest absolute Gasteiger partial charge is 0.343 e. The molecule has 2 aromatic rings. The fraction of sp³-hybridized carbons (Fsp3) is 0.481. The molecule has 33 heavy (non-hydrogen) atoms. The fourth-order valence-electron chi connectivity index (χ4n) is 3.42. The number of esters is 2. The van der Waals surface area contributed by atoms with E-state index < -0.39 is 11.9 Å². The van der Waals surface area contributed by atoms with Gasteiger partial charge >= 0.3 is 11.9 Å². The molecule has 6 heteroatoms. The van der Waals surface area contributed by atoms with Crippen molar-refractivity contribution in [2.45, 2.75) is 78.1 Å². The Balaban J connectivity index is 1.67. The quantitative estimate of drug-likeness (QED) is 0.150. The first-order valence-corrected chi connectivity index (χ1v) is 12.3. The van der Waals surface area contributed by atoms with Crippen LogP contribution in [-0.2, 0) is 4.79 Å². The van der Waals surface area contributed by atoms with Gasteiger partial charge in [0.15, 0.2) is 0 Å². The van der Waals surface area contributed by atoms with Crippen molar-refractivity contribution in [3.8, 4) is 17.2 Å². The predicted octanol–water partition coefficient (Wildman–Crippen LogP) is 7.78. The number of rotatable bonds is 15. The molecule has 0 bridgehead atoms. The third-order valence-electron chi connectivity index (χ3n) is 5.22.